The van der Waals surface area contributed by atoms with Crippen molar-refractivity contribution in [1.82, 2.24) is 0 Å². The fourth-order valence-corrected chi connectivity index (χ4v) is 2.35. The Morgan fingerprint density at radius 3 is 2.50 bits per heavy atom. The van der Waals surface area contributed by atoms with Crippen LogP contribution in [-0.4, -0.2) is 30.0 Å². The minimum absolute atomic E-state index is 0.0172. The van der Waals surface area contributed by atoms with Crippen LogP contribution < -0.4 is 10.1 Å². The van der Waals surface area contributed by atoms with Crippen molar-refractivity contribution < 1.29 is 28.4 Å². The normalized spacial score (nSPS) is 11.4. The van der Waals surface area contributed by atoms with Crippen LogP contribution in [-0.2, 0) is 20.7 Å². The predicted molar refractivity (Wildman–Crippen MR) is 98.6 cm³/mol. The van der Waals surface area contributed by atoms with E-state index in [9.17, 15) is 24.1 Å². The van der Waals surface area contributed by atoms with E-state index in [0.717, 1.165) is 11.6 Å². The summed E-state index contributed by atoms with van der Waals surface area (Å²) in [7, 11) is 1.36. The smallest absolute Gasteiger partial charge is 0.306 e. The molecule has 0 aliphatic carbocycles. The second kappa shape index (κ2) is 9.45. The number of rotatable bonds is 8. The van der Waals surface area contributed by atoms with E-state index >= 15 is 0 Å². The number of benzene rings is 2. The number of esters is 1. The molecule has 0 spiro atoms. The summed E-state index contributed by atoms with van der Waals surface area (Å²) >= 11 is 0. The van der Waals surface area contributed by atoms with Crippen molar-refractivity contribution >= 4 is 23.3 Å². The molecule has 0 aromatic heterocycles. The Kier molecular flexibility index (Phi) is 7.02. The van der Waals surface area contributed by atoms with E-state index in [2.05, 4.69) is 5.32 Å². The highest BCUT2D eigenvalue weighted by molar-refractivity contribution is 5.96. The van der Waals surface area contributed by atoms with E-state index in [0.29, 0.717) is 6.42 Å². The largest absolute Gasteiger partial charge is 0.495 e. The molecule has 1 N–H and O–H groups in total. The molecule has 0 aliphatic heterocycles. The van der Waals surface area contributed by atoms with Gasteiger partial charge in [-0.15, -0.1) is 0 Å². The van der Waals surface area contributed by atoms with E-state index in [1.54, 1.807) is 12.1 Å². The highest BCUT2D eigenvalue weighted by Crippen LogP contribution is 2.29. The van der Waals surface area contributed by atoms with Gasteiger partial charge in [-0.05, 0) is 37.1 Å². The van der Waals surface area contributed by atoms with Crippen molar-refractivity contribution in [2.24, 2.45) is 0 Å². The summed E-state index contributed by atoms with van der Waals surface area (Å²) in [6, 6.07) is 9.47. The highest BCUT2D eigenvalue weighted by atomic mass is 19.1. The molecule has 0 aliphatic rings. The van der Waals surface area contributed by atoms with Gasteiger partial charge in [-0.3, -0.25) is 19.7 Å². The third kappa shape index (κ3) is 5.76. The lowest BCUT2D eigenvalue weighted by atomic mass is 10.1. The van der Waals surface area contributed by atoms with Gasteiger partial charge in [0.2, 0.25) is 0 Å². The number of methoxy groups -OCH3 is 1. The first-order chi connectivity index (χ1) is 13.3. The maximum absolute atomic E-state index is 12.9. The Labute approximate surface area is 160 Å². The average molecular weight is 390 g/mol. The molecule has 0 fully saturated rings. The highest BCUT2D eigenvalue weighted by Gasteiger charge is 2.20. The van der Waals surface area contributed by atoms with Gasteiger partial charge in [0.05, 0.1) is 17.7 Å². The molecule has 1 amide bonds. The number of halogens is 1. The Morgan fingerprint density at radius 1 is 1.21 bits per heavy atom. The summed E-state index contributed by atoms with van der Waals surface area (Å²) in [6.45, 7) is 1.38. The fraction of sp³-hybridized carbons (Fsp3) is 0.263. The fourth-order valence-electron chi connectivity index (χ4n) is 2.35. The van der Waals surface area contributed by atoms with Gasteiger partial charge in [-0.1, -0.05) is 12.1 Å². The number of aryl methyl sites for hydroxylation is 1. The molecule has 2 aromatic rings. The molecule has 2 rings (SSSR count). The molecule has 28 heavy (non-hydrogen) atoms. The van der Waals surface area contributed by atoms with Gasteiger partial charge in [0.1, 0.15) is 11.6 Å². The molecule has 8 nitrogen and oxygen atoms in total. The van der Waals surface area contributed by atoms with Crippen molar-refractivity contribution in [2.45, 2.75) is 25.9 Å². The maximum atomic E-state index is 12.9. The number of nitrogens with one attached hydrogen (secondary N) is 1. The second-order valence-corrected chi connectivity index (χ2v) is 5.89. The van der Waals surface area contributed by atoms with Gasteiger partial charge in [0.15, 0.2) is 6.10 Å². The molecule has 0 unspecified atom stereocenters. The zero-order chi connectivity index (χ0) is 20.7. The molecule has 0 saturated heterocycles. The van der Waals surface area contributed by atoms with Gasteiger partial charge in [-0.2, -0.15) is 0 Å². The second-order valence-electron chi connectivity index (χ2n) is 5.89. The zero-order valence-corrected chi connectivity index (χ0v) is 15.3. The van der Waals surface area contributed by atoms with Crippen LogP contribution in [0.1, 0.15) is 18.9 Å². The zero-order valence-electron chi connectivity index (χ0n) is 15.3. The number of non-ortho nitro benzene ring substituents is 1. The number of nitrogens with zero attached hydrogens (tertiary/aromatic N) is 1. The van der Waals surface area contributed by atoms with E-state index < -0.39 is 22.9 Å². The molecule has 0 bridgehead atoms. The molecule has 0 saturated carbocycles. The Balaban J connectivity index is 1.93. The van der Waals surface area contributed by atoms with E-state index in [4.69, 9.17) is 9.47 Å². The van der Waals surface area contributed by atoms with Crippen LogP contribution in [0.4, 0.5) is 15.8 Å². The van der Waals surface area contributed by atoms with Gasteiger partial charge in [-0.25, -0.2) is 4.39 Å². The summed E-state index contributed by atoms with van der Waals surface area (Å²) < 4.78 is 23.0. The molecule has 9 heteroatoms. The van der Waals surface area contributed by atoms with Crippen molar-refractivity contribution in [3.63, 3.8) is 0 Å². The number of carbonyl (C=O) groups is 2. The van der Waals surface area contributed by atoms with Crippen LogP contribution in [0.5, 0.6) is 5.75 Å². The van der Waals surface area contributed by atoms with Crippen LogP contribution in [0.2, 0.25) is 0 Å². The number of ether oxygens (including phenoxy) is 2. The molecule has 2 aromatic carbocycles. The van der Waals surface area contributed by atoms with Crippen LogP contribution in [0.25, 0.3) is 0 Å². The van der Waals surface area contributed by atoms with Crippen LogP contribution in [0, 0.1) is 15.9 Å². The maximum Gasteiger partial charge on any atom is 0.306 e. The third-order valence-corrected chi connectivity index (χ3v) is 3.86. The van der Waals surface area contributed by atoms with Crippen molar-refractivity contribution in [1.29, 1.82) is 0 Å². The first-order valence-corrected chi connectivity index (χ1v) is 8.37. The lowest BCUT2D eigenvalue weighted by molar-refractivity contribution is -0.384. The summed E-state index contributed by atoms with van der Waals surface area (Å²) in [4.78, 5) is 34.5. The Morgan fingerprint density at radius 2 is 1.89 bits per heavy atom. The van der Waals surface area contributed by atoms with Gasteiger partial charge < -0.3 is 14.8 Å². The number of nitro benzene ring substituents is 1. The standard InChI is InChI=1S/C19H19FN2O6/c1-12(28-18(23)10-5-13-3-6-14(20)7-4-13)19(24)21-16-11-15(22(25)26)8-9-17(16)27-2/h3-4,6-9,11-12H,5,10H2,1-2H3,(H,21,24)/t12-/m0/s1. The topological polar surface area (TPSA) is 108 Å². The Bertz CT molecular complexity index is 869. The van der Waals surface area contributed by atoms with E-state index in [1.807, 2.05) is 0 Å². The minimum Gasteiger partial charge on any atom is -0.495 e. The van der Waals surface area contributed by atoms with E-state index in [-0.39, 0.29) is 29.4 Å². The molecular weight excluding hydrogens is 371 g/mol. The van der Waals surface area contributed by atoms with Crippen molar-refractivity contribution in [3.05, 3.63) is 64.0 Å². The molecule has 148 valence electrons. The Hall–Kier alpha value is -3.49. The minimum atomic E-state index is -1.12. The molecule has 0 radical (unpaired) electrons. The SMILES string of the molecule is COc1ccc([N+](=O)[O-])cc1NC(=O)[C@H](C)OC(=O)CCc1ccc(F)cc1. The lowest BCUT2D eigenvalue weighted by Gasteiger charge is -2.15. The van der Waals surface area contributed by atoms with Gasteiger partial charge in [0, 0.05) is 18.6 Å². The monoisotopic (exact) mass is 390 g/mol. The first kappa shape index (κ1) is 20.8. The summed E-state index contributed by atoms with van der Waals surface area (Å²) in [5.41, 5.74) is 0.632. The predicted octanol–water partition coefficient (Wildman–Crippen LogP) is 3.25. The van der Waals surface area contributed by atoms with Crippen molar-refractivity contribution in [3.8, 4) is 5.75 Å². The number of carbonyl (C=O) groups excluding carboxylic acids is 2. The van der Waals surface area contributed by atoms with Crippen LogP contribution in [0.3, 0.4) is 0 Å². The van der Waals surface area contributed by atoms with Crippen molar-refractivity contribution in [2.75, 3.05) is 12.4 Å². The molecule has 0 heterocycles. The van der Waals surface area contributed by atoms with Crippen LogP contribution in [0.15, 0.2) is 42.5 Å². The number of amides is 1. The van der Waals surface area contributed by atoms with E-state index in [1.165, 1.54) is 38.3 Å². The van der Waals surface area contributed by atoms with Crippen LogP contribution >= 0.6 is 0 Å². The van der Waals surface area contributed by atoms with Gasteiger partial charge >= 0.3 is 5.97 Å². The quantitative estimate of drug-likeness (QED) is 0.421. The van der Waals surface area contributed by atoms with Gasteiger partial charge in [0.25, 0.3) is 11.6 Å². The number of hydrogen-bond donors (Lipinski definition) is 1. The molecule has 1 atom stereocenters. The lowest BCUT2D eigenvalue weighted by Crippen LogP contribution is -2.30. The number of nitro groups is 1. The first-order valence-electron chi connectivity index (χ1n) is 8.37. The third-order valence-electron chi connectivity index (χ3n) is 3.86. The molecular formula is C19H19FN2O6. The number of anilines is 1. The average Bonchev–Trinajstić information content (AvgIpc) is 2.67. The summed E-state index contributed by atoms with van der Waals surface area (Å²) in [5, 5.41) is 13.3. The summed E-state index contributed by atoms with van der Waals surface area (Å²) in [5.74, 6) is -1.39. The number of hydrogen-bond acceptors (Lipinski definition) is 6. The summed E-state index contributed by atoms with van der Waals surface area (Å²) in [6.07, 6.45) is -0.764.